The Kier molecular flexibility index (Phi) is 5.59. The molecule has 7 nitrogen and oxygen atoms in total. The number of hydrogen-bond acceptors (Lipinski definition) is 4. The third kappa shape index (κ3) is 4.65. The summed E-state index contributed by atoms with van der Waals surface area (Å²) in [5, 5.41) is 17.8. The number of aromatic nitrogens is 2. The zero-order valence-electron chi connectivity index (χ0n) is 16.0. The standard InChI is InChI=1S/C20H17F3N4O3/c1-12-6-7-15(10-17(12)27(29)30)19(28)24-18-8-13(2)26(25-18)11-14-4-3-5-16(9-14)20(21,22)23/h3-10H,11H2,1-2H3,(H,24,25,28). The highest BCUT2D eigenvalue weighted by Crippen LogP contribution is 2.29. The first kappa shape index (κ1) is 21.0. The van der Waals surface area contributed by atoms with Gasteiger partial charge in [0.15, 0.2) is 5.82 Å². The maximum Gasteiger partial charge on any atom is 0.416 e. The van der Waals surface area contributed by atoms with Crippen molar-refractivity contribution in [1.82, 2.24) is 9.78 Å². The third-order valence-electron chi connectivity index (χ3n) is 4.48. The Hall–Kier alpha value is -3.69. The lowest BCUT2D eigenvalue weighted by atomic mass is 10.1. The van der Waals surface area contributed by atoms with E-state index in [0.717, 1.165) is 12.1 Å². The molecule has 0 aliphatic heterocycles. The van der Waals surface area contributed by atoms with Crippen LogP contribution in [0.1, 0.15) is 32.7 Å². The minimum absolute atomic E-state index is 0.0849. The zero-order chi connectivity index (χ0) is 22.1. The fourth-order valence-electron chi connectivity index (χ4n) is 2.89. The summed E-state index contributed by atoms with van der Waals surface area (Å²) in [5.74, 6) is -0.394. The molecule has 2 aromatic carbocycles. The van der Waals surface area contributed by atoms with Crippen LogP contribution in [-0.2, 0) is 12.7 Å². The summed E-state index contributed by atoms with van der Waals surface area (Å²) in [7, 11) is 0. The molecular formula is C20H17F3N4O3. The number of rotatable bonds is 5. The van der Waals surface area contributed by atoms with Crippen molar-refractivity contribution in [2.75, 3.05) is 5.32 Å². The number of anilines is 1. The van der Waals surface area contributed by atoms with Crippen molar-refractivity contribution in [1.29, 1.82) is 0 Å². The quantitative estimate of drug-likeness (QED) is 0.479. The number of nitrogens with one attached hydrogen (secondary N) is 1. The number of amides is 1. The molecule has 0 spiro atoms. The van der Waals surface area contributed by atoms with Gasteiger partial charge in [0.1, 0.15) is 0 Å². The Morgan fingerprint density at radius 1 is 1.17 bits per heavy atom. The zero-order valence-corrected chi connectivity index (χ0v) is 16.0. The molecule has 0 saturated carbocycles. The van der Waals surface area contributed by atoms with Crippen molar-refractivity contribution in [2.24, 2.45) is 0 Å². The molecule has 0 bridgehead atoms. The van der Waals surface area contributed by atoms with Gasteiger partial charge in [0, 0.05) is 29.0 Å². The molecule has 3 aromatic rings. The van der Waals surface area contributed by atoms with Gasteiger partial charge in [-0.15, -0.1) is 0 Å². The van der Waals surface area contributed by atoms with Crippen LogP contribution in [0.3, 0.4) is 0 Å². The Labute approximate surface area is 169 Å². The Bertz CT molecular complexity index is 1120. The van der Waals surface area contributed by atoms with Crippen LogP contribution < -0.4 is 5.32 Å². The Morgan fingerprint density at radius 2 is 1.90 bits per heavy atom. The van der Waals surface area contributed by atoms with Crippen LogP contribution in [0.2, 0.25) is 0 Å². The first-order valence-electron chi connectivity index (χ1n) is 8.81. The summed E-state index contributed by atoms with van der Waals surface area (Å²) in [6.45, 7) is 3.35. The van der Waals surface area contributed by atoms with E-state index < -0.39 is 22.6 Å². The van der Waals surface area contributed by atoms with Crippen LogP contribution >= 0.6 is 0 Å². The maximum atomic E-state index is 12.9. The van der Waals surface area contributed by atoms with Gasteiger partial charge in [-0.1, -0.05) is 18.2 Å². The highest BCUT2D eigenvalue weighted by Gasteiger charge is 2.30. The number of hydrogen-bond donors (Lipinski definition) is 1. The van der Waals surface area contributed by atoms with Crippen molar-refractivity contribution in [3.05, 3.63) is 86.6 Å². The molecule has 0 radical (unpaired) electrons. The van der Waals surface area contributed by atoms with Crippen LogP contribution in [0.25, 0.3) is 0 Å². The van der Waals surface area contributed by atoms with Gasteiger partial charge in [-0.05, 0) is 37.6 Å². The first-order valence-corrected chi connectivity index (χ1v) is 8.81. The number of halogens is 3. The second-order valence-electron chi connectivity index (χ2n) is 6.74. The molecule has 0 aliphatic carbocycles. The fourth-order valence-corrected chi connectivity index (χ4v) is 2.89. The van der Waals surface area contributed by atoms with Gasteiger partial charge in [0.05, 0.1) is 17.0 Å². The van der Waals surface area contributed by atoms with Crippen molar-refractivity contribution in [3.63, 3.8) is 0 Å². The molecule has 0 saturated heterocycles. The number of carbonyl (C=O) groups excluding carboxylic acids is 1. The van der Waals surface area contributed by atoms with Gasteiger partial charge in [0.25, 0.3) is 11.6 Å². The second-order valence-corrected chi connectivity index (χ2v) is 6.74. The Morgan fingerprint density at radius 3 is 2.57 bits per heavy atom. The minimum atomic E-state index is -4.44. The molecule has 30 heavy (non-hydrogen) atoms. The predicted octanol–water partition coefficient (Wildman–Crippen LogP) is 4.73. The second kappa shape index (κ2) is 7.97. The molecular weight excluding hydrogens is 401 g/mol. The highest BCUT2D eigenvalue weighted by atomic mass is 19.4. The lowest BCUT2D eigenvalue weighted by Crippen LogP contribution is -2.13. The number of carbonyl (C=O) groups is 1. The van der Waals surface area contributed by atoms with E-state index in [0.29, 0.717) is 16.8 Å². The van der Waals surface area contributed by atoms with Crippen molar-refractivity contribution < 1.29 is 22.9 Å². The normalized spacial score (nSPS) is 11.4. The molecule has 0 atom stereocenters. The van der Waals surface area contributed by atoms with Gasteiger partial charge >= 0.3 is 6.18 Å². The molecule has 3 rings (SSSR count). The van der Waals surface area contributed by atoms with Crippen LogP contribution in [0.15, 0.2) is 48.5 Å². The number of alkyl halides is 3. The molecule has 1 heterocycles. The van der Waals surface area contributed by atoms with E-state index in [2.05, 4.69) is 10.4 Å². The summed E-state index contributed by atoms with van der Waals surface area (Å²) in [6, 6.07) is 10.6. The molecule has 1 N–H and O–H groups in total. The van der Waals surface area contributed by atoms with Crippen LogP contribution in [0.5, 0.6) is 0 Å². The summed E-state index contributed by atoms with van der Waals surface area (Å²) in [5.41, 5.74) is 0.629. The fraction of sp³-hybridized carbons (Fsp3) is 0.200. The molecule has 156 valence electrons. The van der Waals surface area contributed by atoms with Crippen LogP contribution in [0, 0.1) is 24.0 Å². The van der Waals surface area contributed by atoms with E-state index in [1.165, 1.54) is 28.9 Å². The van der Waals surface area contributed by atoms with Gasteiger partial charge in [0.2, 0.25) is 0 Å². The van der Waals surface area contributed by atoms with E-state index in [-0.39, 0.29) is 23.6 Å². The molecule has 0 unspecified atom stereocenters. The van der Waals surface area contributed by atoms with E-state index in [1.807, 2.05) is 0 Å². The number of benzene rings is 2. The number of nitro groups is 1. The van der Waals surface area contributed by atoms with E-state index >= 15 is 0 Å². The molecule has 1 amide bonds. The molecule has 0 fully saturated rings. The topological polar surface area (TPSA) is 90.1 Å². The summed E-state index contributed by atoms with van der Waals surface area (Å²) >= 11 is 0. The Balaban J connectivity index is 1.78. The van der Waals surface area contributed by atoms with E-state index in [4.69, 9.17) is 0 Å². The lowest BCUT2D eigenvalue weighted by Gasteiger charge is -2.09. The average Bonchev–Trinajstić information content (AvgIpc) is 3.00. The lowest BCUT2D eigenvalue weighted by molar-refractivity contribution is -0.385. The third-order valence-corrected chi connectivity index (χ3v) is 4.48. The number of aryl methyl sites for hydroxylation is 2. The molecule has 0 aliphatic rings. The predicted molar refractivity (Wildman–Crippen MR) is 103 cm³/mol. The first-order chi connectivity index (χ1) is 14.0. The summed E-state index contributed by atoms with van der Waals surface area (Å²) in [6.07, 6.45) is -4.44. The van der Waals surface area contributed by atoms with Gasteiger partial charge in [-0.3, -0.25) is 19.6 Å². The SMILES string of the molecule is Cc1ccc(C(=O)Nc2cc(C)n(Cc3cccc(C(F)(F)F)c3)n2)cc1[N+](=O)[O-]. The average molecular weight is 418 g/mol. The maximum absolute atomic E-state index is 12.9. The highest BCUT2D eigenvalue weighted by molar-refractivity contribution is 6.04. The molecule has 10 heteroatoms. The summed E-state index contributed by atoms with van der Waals surface area (Å²) < 4.78 is 40.1. The summed E-state index contributed by atoms with van der Waals surface area (Å²) in [4.78, 5) is 22.9. The van der Waals surface area contributed by atoms with Crippen LogP contribution in [-0.4, -0.2) is 20.6 Å². The van der Waals surface area contributed by atoms with Gasteiger partial charge in [-0.2, -0.15) is 18.3 Å². The smallest absolute Gasteiger partial charge is 0.305 e. The van der Waals surface area contributed by atoms with E-state index in [9.17, 15) is 28.1 Å². The minimum Gasteiger partial charge on any atom is -0.305 e. The van der Waals surface area contributed by atoms with Gasteiger partial charge < -0.3 is 5.32 Å². The van der Waals surface area contributed by atoms with Crippen molar-refractivity contribution >= 4 is 17.4 Å². The molecule has 1 aromatic heterocycles. The van der Waals surface area contributed by atoms with Crippen molar-refractivity contribution in [2.45, 2.75) is 26.6 Å². The van der Waals surface area contributed by atoms with E-state index in [1.54, 1.807) is 26.0 Å². The number of nitro benzene ring substituents is 1. The largest absolute Gasteiger partial charge is 0.416 e. The number of nitrogens with zero attached hydrogens (tertiary/aromatic N) is 3. The monoisotopic (exact) mass is 418 g/mol. The van der Waals surface area contributed by atoms with Crippen molar-refractivity contribution in [3.8, 4) is 0 Å². The van der Waals surface area contributed by atoms with Crippen LogP contribution in [0.4, 0.5) is 24.7 Å². The van der Waals surface area contributed by atoms with Gasteiger partial charge in [-0.25, -0.2) is 0 Å².